The highest BCUT2D eigenvalue weighted by atomic mass is 32.2. The number of primary sulfonamides is 1. The van der Waals surface area contributed by atoms with Gasteiger partial charge >= 0.3 is 0 Å². The van der Waals surface area contributed by atoms with Crippen molar-refractivity contribution in [1.82, 2.24) is 5.32 Å². The Morgan fingerprint density at radius 1 is 1.47 bits per heavy atom. The minimum absolute atomic E-state index is 0.138. The van der Waals surface area contributed by atoms with Gasteiger partial charge in [0.15, 0.2) is 0 Å². The molecule has 0 fully saturated rings. The molecule has 0 spiro atoms. The number of rotatable bonds is 4. The molecule has 0 saturated heterocycles. The normalized spacial score (nSPS) is 11.2. The maximum Gasteiger partial charge on any atom is 0.255 e. The standard InChI is InChI=1S/C9H11FN2O4S/c10-6-1-2-7(8(13)5-6)9(14)12-3-4-17(11,15)16/h1-2,5,13H,3-4H2,(H,12,14)(H2,11,15,16). The molecule has 0 bridgehead atoms. The molecule has 0 unspecified atom stereocenters. The molecule has 17 heavy (non-hydrogen) atoms. The molecule has 0 aromatic heterocycles. The van der Waals surface area contributed by atoms with E-state index < -0.39 is 33.3 Å². The molecular formula is C9H11FN2O4S. The van der Waals surface area contributed by atoms with E-state index in [-0.39, 0.29) is 12.1 Å². The lowest BCUT2D eigenvalue weighted by atomic mass is 10.2. The molecule has 1 aromatic rings. The number of hydrogen-bond acceptors (Lipinski definition) is 4. The molecule has 0 radical (unpaired) electrons. The Bertz CT molecular complexity index is 530. The van der Waals surface area contributed by atoms with Crippen LogP contribution in [0, 0.1) is 5.82 Å². The average molecular weight is 262 g/mol. The van der Waals surface area contributed by atoms with Gasteiger partial charge in [-0.25, -0.2) is 17.9 Å². The van der Waals surface area contributed by atoms with Crippen molar-refractivity contribution in [3.63, 3.8) is 0 Å². The number of aromatic hydroxyl groups is 1. The van der Waals surface area contributed by atoms with Gasteiger partial charge in [-0.1, -0.05) is 0 Å². The maximum absolute atomic E-state index is 12.6. The predicted octanol–water partition coefficient (Wildman–Crippen LogP) is -0.450. The second kappa shape index (κ2) is 5.11. The Balaban J connectivity index is 2.65. The van der Waals surface area contributed by atoms with E-state index in [0.29, 0.717) is 0 Å². The zero-order chi connectivity index (χ0) is 13.1. The van der Waals surface area contributed by atoms with Gasteiger partial charge in [-0.2, -0.15) is 0 Å². The van der Waals surface area contributed by atoms with Crippen LogP contribution in [0.3, 0.4) is 0 Å². The van der Waals surface area contributed by atoms with Crippen LogP contribution >= 0.6 is 0 Å². The number of carbonyl (C=O) groups is 1. The number of sulfonamides is 1. The average Bonchev–Trinajstić information content (AvgIpc) is 2.15. The Kier molecular flexibility index (Phi) is 4.02. The van der Waals surface area contributed by atoms with Gasteiger partial charge in [-0.05, 0) is 12.1 Å². The summed E-state index contributed by atoms with van der Waals surface area (Å²) in [6, 6.07) is 2.89. The fourth-order valence-electron chi connectivity index (χ4n) is 1.10. The van der Waals surface area contributed by atoms with E-state index in [1.54, 1.807) is 0 Å². The van der Waals surface area contributed by atoms with E-state index in [1.165, 1.54) is 0 Å². The fourth-order valence-corrected chi connectivity index (χ4v) is 1.49. The van der Waals surface area contributed by atoms with Gasteiger partial charge in [-0.15, -0.1) is 0 Å². The second-order valence-electron chi connectivity index (χ2n) is 3.28. The first-order valence-corrected chi connectivity index (χ1v) is 6.28. The van der Waals surface area contributed by atoms with Crippen LogP contribution in [0.4, 0.5) is 4.39 Å². The number of phenolic OH excluding ortho intramolecular Hbond substituents is 1. The Hall–Kier alpha value is -1.67. The number of hydrogen-bond donors (Lipinski definition) is 3. The van der Waals surface area contributed by atoms with E-state index in [9.17, 15) is 22.7 Å². The molecule has 8 heteroatoms. The maximum atomic E-state index is 12.6. The van der Waals surface area contributed by atoms with Crippen LogP contribution in [0.25, 0.3) is 0 Å². The van der Waals surface area contributed by atoms with E-state index >= 15 is 0 Å². The lowest BCUT2D eigenvalue weighted by Crippen LogP contribution is -2.31. The van der Waals surface area contributed by atoms with Crippen LogP contribution in [0.15, 0.2) is 18.2 Å². The largest absolute Gasteiger partial charge is 0.507 e. The van der Waals surface area contributed by atoms with Gasteiger partial charge in [0.05, 0.1) is 11.3 Å². The number of benzene rings is 1. The van der Waals surface area contributed by atoms with Crippen LogP contribution < -0.4 is 10.5 Å². The van der Waals surface area contributed by atoms with Gasteiger partial charge < -0.3 is 10.4 Å². The van der Waals surface area contributed by atoms with Crippen LogP contribution in [-0.4, -0.2) is 31.7 Å². The van der Waals surface area contributed by atoms with Crippen molar-refractivity contribution in [3.05, 3.63) is 29.6 Å². The number of phenols is 1. The van der Waals surface area contributed by atoms with Crippen molar-refractivity contribution < 1.29 is 22.7 Å². The topological polar surface area (TPSA) is 109 Å². The van der Waals surface area contributed by atoms with Gasteiger partial charge in [0, 0.05) is 12.6 Å². The molecule has 0 saturated carbocycles. The number of amides is 1. The summed E-state index contributed by atoms with van der Waals surface area (Å²) < 4.78 is 33.8. The Labute approximate surface area is 97.3 Å². The zero-order valence-corrected chi connectivity index (χ0v) is 9.50. The van der Waals surface area contributed by atoms with Crippen LogP contribution in [0.5, 0.6) is 5.75 Å². The summed E-state index contributed by atoms with van der Waals surface area (Å²) in [4.78, 5) is 11.4. The smallest absolute Gasteiger partial charge is 0.255 e. The summed E-state index contributed by atoms with van der Waals surface area (Å²) >= 11 is 0. The minimum atomic E-state index is -3.66. The van der Waals surface area contributed by atoms with Gasteiger partial charge in [0.25, 0.3) is 5.91 Å². The summed E-state index contributed by atoms with van der Waals surface area (Å²) in [5.74, 6) is -2.31. The van der Waals surface area contributed by atoms with Crippen molar-refractivity contribution in [1.29, 1.82) is 0 Å². The highest BCUT2D eigenvalue weighted by Gasteiger charge is 2.12. The quantitative estimate of drug-likeness (QED) is 0.682. The zero-order valence-electron chi connectivity index (χ0n) is 8.68. The van der Waals surface area contributed by atoms with E-state index in [4.69, 9.17) is 5.14 Å². The van der Waals surface area contributed by atoms with Crippen LogP contribution in [0.1, 0.15) is 10.4 Å². The number of halogens is 1. The Morgan fingerprint density at radius 3 is 2.65 bits per heavy atom. The van der Waals surface area contributed by atoms with E-state index in [1.807, 2.05) is 0 Å². The first-order chi connectivity index (χ1) is 7.79. The molecule has 4 N–H and O–H groups in total. The molecule has 6 nitrogen and oxygen atoms in total. The SMILES string of the molecule is NS(=O)(=O)CCNC(=O)c1ccc(F)cc1O. The third-order valence-electron chi connectivity index (χ3n) is 1.88. The van der Waals surface area contributed by atoms with Crippen LogP contribution in [-0.2, 0) is 10.0 Å². The first-order valence-electron chi connectivity index (χ1n) is 4.57. The van der Waals surface area contributed by atoms with E-state index in [2.05, 4.69) is 5.32 Å². The fraction of sp³-hybridized carbons (Fsp3) is 0.222. The first kappa shape index (κ1) is 13.4. The van der Waals surface area contributed by atoms with Gasteiger partial charge in [0.2, 0.25) is 10.0 Å². The van der Waals surface area contributed by atoms with Crippen molar-refractivity contribution in [3.8, 4) is 5.75 Å². The number of nitrogens with one attached hydrogen (secondary N) is 1. The molecule has 0 heterocycles. The molecule has 0 aliphatic carbocycles. The summed E-state index contributed by atoms with van der Waals surface area (Å²) in [5.41, 5.74) is -0.138. The van der Waals surface area contributed by atoms with Crippen LogP contribution in [0.2, 0.25) is 0 Å². The third-order valence-corrected chi connectivity index (χ3v) is 2.65. The molecule has 0 atom stereocenters. The summed E-state index contributed by atoms with van der Waals surface area (Å²) in [5, 5.41) is 16.2. The lowest BCUT2D eigenvalue weighted by molar-refractivity contribution is 0.0953. The molecule has 0 aliphatic rings. The Morgan fingerprint density at radius 2 is 2.12 bits per heavy atom. The van der Waals surface area contributed by atoms with Crippen molar-refractivity contribution in [2.75, 3.05) is 12.3 Å². The summed E-state index contributed by atoms with van der Waals surface area (Å²) in [6.07, 6.45) is 0. The molecule has 1 aromatic carbocycles. The van der Waals surface area contributed by atoms with E-state index in [0.717, 1.165) is 18.2 Å². The third kappa shape index (κ3) is 4.37. The molecule has 0 aliphatic heterocycles. The highest BCUT2D eigenvalue weighted by Crippen LogP contribution is 2.17. The highest BCUT2D eigenvalue weighted by molar-refractivity contribution is 7.89. The van der Waals surface area contributed by atoms with Crippen molar-refractivity contribution in [2.45, 2.75) is 0 Å². The van der Waals surface area contributed by atoms with Gasteiger partial charge in [-0.3, -0.25) is 4.79 Å². The summed E-state index contributed by atoms with van der Waals surface area (Å²) in [6.45, 7) is -0.186. The molecule has 1 rings (SSSR count). The molecule has 94 valence electrons. The summed E-state index contributed by atoms with van der Waals surface area (Å²) in [7, 11) is -3.66. The monoisotopic (exact) mass is 262 g/mol. The van der Waals surface area contributed by atoms with Crippen molar-refractivity contribution in [2.24, 2.45) is 5.14 Å². The predicted molar refractivity (Wildman–Crippen MR) is 58.4 cm³/mol. The van der Waals surface area contributed by atoms with Crippen molar-refractivity contribution >= 4 is 15.9 Å². The number of carbonyl (C=O) groups excluding carboxylic acids is 1. The molecular weight excluding hydrogens is 251 g/mol. The minimum Gasteiger partial charge on any atom is -0.507 e. The number of nitrogens with two attached hydrogens (primary N) is 1. The lowest BCUT2D eigenvalue weighted by Gasteiger charge is -2.05. The second-order valence-corrected chi connectivity index (χ2v) is 5.02. The van der Waals surface area contributed by atoms with Gasteiger partial charge in [0.1, 0.15) is 11.6 Å². The molecule has 1 amide bonds.